The molecule has 0 saturated heterocycles. The van der Waals surface area contributed by atoms with Crippen LogP contribution in [0.15, 0.2) is 24.3 Å². The van der Waals surface area contributed by atoms with E-state index in [1.54, 1.807) is 14.0 Å². The molecule has 0 radical (unpaired) electrons. The number of benzene rings is 1. The van der Waals surface area contributed by atoms with E-state index in [0.29, 0.717) is 43.4 Å². The fourth-order valence-corrected chi connectivity index (χ4v) is 3.25. The van der Waals surface area contributed by atoms with Gasteiger partial charge in [-0.2, -0.15) is 15.0 Å². The third-order valence-electron chi connectivity index (χ3n) is 5.14. The van der Waals surface area contributed by atoms with E-state index in [-0.39, 0.29) is 11.8 Å². The van der Waals surface area contributed by atoms with Gasteiger partial charge < -0.3 is 25.6 Å². The number of carboxylic acid groups (broad SMARTS) is 1. The van der Waals surface area contributed by atoms with Gasteiger partial charge in [0.15, 0.2) is 17.0 Å². The van der Waals surface area contributed by atoms with Crippen molar-refractivity contribution in [3.8, 4) is 12.0 Å². The third kappa shape index (κ3) is 5.44. The van der Waals surface area contributed by atoms with Crippen molar-refractivity contribution < 1.29 is 19.4 Å². The molecule has 3 aromatic rings. The number of carboxylic acids is 1. The molecule has 32 heavy (non-hydrogen) atoms. The average Bonchev–Trinajstić information content (AvgIpc) is 3.14. The van der Waals surface area contributed by atoms with E-state index >= 15 is 0 Å². The topological polar surface area (TPSA) is 137 Å². The zero-order valence-electron chi connectivity index (χ0n) is 18.7. The van der Waals surface area contributed by atoms with Gasteiger partial charge in [-0.3, -0.25) is 9.36 Å². The van der Waals surface area contributed by atoms with Crippen LogP contribution in [0.25, 0.3) is 11.2 Å². The zero-order valence-corrected chi connectivity index (χ0v) is 18.7. The molecule has 0 aliphatic heterocycles. The summed E-state index contributed by atoms with van der Waals surface area (Å²) in [7, 11) is 1.54. The van der Waals surface area contributed by atoms with E-state index in [1.807, 2.05) is 28.8 Å². The molecule has 10 heteroatoms. The fourth-order valence-electron chi connectivity index (χ4n) is 3.25. The van der Waals surface area contributed by atoms with Crippen LogP contribution in [0, 0.1) is 0 Å². The summed E-state index contributed by atoms with van der Waals surface area (Å²) in [6.07, 6.45) is 1.91. The Hall–Kier alpha value is -3.40. The largest absolute Gasteiger partial charge is 0.481 e. The molecular weight excluding hydrogens is 412 g/mol. The van der Waals surface area contributed by atoms with Crippen LogP contribution in [0.4, 0.5) is 5.82 Å². The van der Waals surface area contributed by atoms with E-state index in [0.717, 1.165) is 24.0 Å². The van der Waals surface area contributed by atoms with E-state index in [1.165, 1.54) is 0 Å². The van der Waals surface area contributed by atoms with Crippen molar-refractivity contribution in [1.29, 1.82) is 0 Å². The summed E-state index contributed by atoms with van der Waals surface area (Å²) < 4.78 is 12.9. The number of fused-ring (bicyclic) bond motifs is 1. The Balaban J connectivity index is 1.69. The molecule has 172 valence electrons. The highest BCUT2D eigenvalue weighted by molar-refractivity contribution is 5.83. The van der Waals surface area contributed by atoms with Crippen molar-refractivity contribution in [2.75, 3.05) is 26.0 Å². The quantitative estimate of drug-likeness (QED) is 0.361. The number of aromatic nitrogens is 4. The number of aliphatic carboxylic acids is 1. The van der Waals surface area contributed by atoms with Crippen molar-refractivity contribution in [2.45, 2.75) is 45.7 Å². The Labute approximate surface area is 186 Å². The Morgan fingerprint density at radius 2 is 2.12 bits per heavy atom. The number of nitrogens with one attached hydrogen (secondary N) is 1. The Kier molecular flexibility index (Phi) is 7.82. The molecule has 1 aromatic carbocycles. The molecule has 0 amide bonds. The predicted molar refractivity (Wildman–Crippen MR) is 121 cm³/mol. The molecule has 3 rings (SSSR count). The molecule has 0 aliphatic carbocycles. The molecule has 2 aromatic heterocycles. The van der Waals surface area contributed by atoms with Gasteiger partial charge in [0.25, 0.3) is 6.01 Å². The first-order valence-corrected chi connectivity index (χ1v) is 10.7. The third-order valence-corrected chi connectivity index (χ3v) is 5.14. The lowest BCUT2D eigenvalue weighted by Gasteiger charge is -2.11. The van der Waals surface area contributed by atoms with Gasteiger partial charge in [-0.05, 0) is 24.5 Å². The summed E-state index contributed by atoms with van der Waals surface area (Å²) in [4.78, 5) is 24.3. The first-order valence-electron chi connectivity index (χ1n) is 10.7. The van der Waals surface area contributed by atoms with Crippen LogP contribution in [0.2, 0.25) is 0 Å². The van der Waals surface area contributed by atoms with Gasteiger partial charge in [0, 0.05) is 19.6 Å². The molecule has 1 unspecified atom stereocenters. The molecule has 0 saturated carbocycles. The number of ether oxygens (including phenoxy) is 2. The normalized spacial score (nSPS) is 12.1. The van der Waals surface area contributed by atoms with Crippen LogP contribution in [0.5, 0.6) is 12.0 Å². The van der Waals surface area contributed by atoms with Gasteiger partial charge in [-0.25, -0.2) is 0 Å². The molecule has 2 heterocycles. The van der Waals surface area contributed by atoms with Crippen molar-refractivity contribution in [1.82, 2.24) is 24.8 Å². The maximum atomic E-state index is 11.2. The summed E-state index contributed by atoms with van der Waals surface area (Å²) in [5.41, 5.74) is 8.89. The summed E-state index contributed by atoms with van der Waals surface area (Å²) >= 11 is 0. The average molecular weight is 443 g/mol. The van der Waals surface area contributed by atoms with Crippen molar-refractivity contribution >= 4 is 23.0 Å². The number of rotatable bonds is 12. The number of hydrogen-bond donors (Lipinski definition) is 3. The van der Waals surface area contributed by atoms with Gasteiger partial charge in [0.05, 0.1) is 19.6 Å². The van der Waals surface area contributed by atoms with Crippen LogP contribution in [-0.2, 0) is 17.9 Å². The van der Waals surface area contributed by atoms with E-state index in [4.69, 9.17) is 15.2 Å². The number of imidazole rings is 1. The van der Waals surface area contributed by atoms with Gasteiger partial charge in [-0.15, -0.1) is 0 Å². The Bertz CT molecular complexity index is 1070. The maximum absolute atomic E-state index is 11.2. The first-order chi connectivity index (χ1) is 15.4. The van der Waals surface area contributed by atoms with Crippen LogP contribution < -0.4 is 20.5 Å². The lowest BCUT2D eigenvalue weighted by atomic mass is 9.99. The number of nitrogens with zero attached hydrogens (tertiary/aromatic N) is 4. The molecule has 0 bridgehead atoms. The Morgan fingerprint density at radius 3 is 2.84 bits per heavy atom. The molecule has 0 spiro atoms. The summed E-state index contributed by atoms with van der Waals surface area (Å²) in [5, 5.41) is 12.6. The molecule has 1 atom stereocenters. The van der Waals surface area contributed by atoms with Crippen LogP contribution in [-0.4, -0.2) is 50.9 Å². The lowest BCUT2D eigenvalue weighted by Crippen LogP contribution is -2.20. The molecule has 0 aliphatic rings. The minimum Gasteiger partial charge on any atom is -0.481 e. The van der Waals surface area contributed by atoms with Gasteiger partial charge in [0.2, 0.25) is 0 Å². The molecular formula is C22H30N6O4. The van der Waals surface area contributed by atoms with Crippen LogP contribution in [0.1, 0.15) is 43.7 Å². The highest BCUT2D eigenvalue weighted by Crippen LogP contribution is 2.25. The highest BCUT2D eigenvalue weighted by atomic mass is 16.5. The van der Waals surface area contributed by atoms with E-state index in [9.17, 15) is 9.90 Å². The number of nitrogen functional groups attached to an aromatic ring is 1. The number of carbonyl (C=O) groups is 1. The van der Waals surface area contributed by atoms with Gasteiger partial charge >= 0.3 is 12.0 Å². The minimum absolute atomic E-state index is 0.226. The number of nitrogens with two attached hydrogens (primary N) is 1. The van der Waals surface area contributed by atoms with Crippen molar-refractivity contribution in [2.24, 2.45) is 0 Å². The van der Waals surface area contributed by atoms with Crippen molar-refractivity contribution in [3.05, 3.63) is 35.4 Å². The fraction of sp³-hybridized carbons (Fsp3) is 0.455. The minimum atomic E-state index is -0.839. The molecule has 4 N–H and O–H groups in total. The predicted octanol–water partition coefficient (Wildman–Crippen LogP) is 2.57. The maximum Gasteiger partial charge on any atom is 0.320 e. The number of methoxy groups -OCH3 is 1. The second-order valence-corrected chi connectivity index (χ2v) is 7.50. The zero-order chi connectivity index (χ0) is 23.1. The number of anilines is 1. The lowest BCUT2D eigenvalue weighted by molar-refractivity contribution is -0.138. The van der Waals surface area contributed by atoms with E-state index in [2.05, 4.69) is 27.2 Å². The second kappa shape index (κ2) is 10.8. The van der Waals surface area contributed by atoms with Gasteiger partial charge in [0.1, 0.15) is 0 Å². The highest BCUT2D eigenvalue weighted by Gasteiger charge is 2.18. The molecule has 10 nitrogen and oxygen atoms in total. The standard InChI is InChI=1S/C22H30N6O4/c1-4-5-11-32-21-26-18(23)17-19(27-21)28(22(25-17)31-3)10-9-24-13-15-7-6-8-16(12-15)14(2)20(29)30/h6-8,12,14,24H,4-5,9-11,13H2,1-3H3,(H,29,30)(H2,23,26,27). The smallest absolute Gasteiger partial charge is 0.320 e. The summed E-state index contributed by atoms with van der Waals surface area (Å²) in [6, 6.07) is 8.20. The van der Waals surface area contributed by atoms with Gasteiger partial charge in [-0.1, -0.05) is 37.6 Å². The Morgan fingerprint density at radius 1 is 1.31 bits per heavy atom. The van der Waals surface area contributed by atoms with Crippen molar-refractivity contribution in [3.63, 3.8) is 0 Å². The van der Waals surface area contributed by atoms with Crippen LogP contribution in [0.3, 0.4) is 0 Å². The monoisotopic (exact) mass is 442 g/mol. The SMILES string of the molecule is CCCCOc1nc(N)c2nc(OC)n(CCNCc3cccc(C(C)C(=O)O)c3)c2n1. The second-order valence-electron chi connectivity index (χ2n) is 7.50. The van der Waals surface area contributed by atoms with E-state index < -0.39 is 11.9 Å². The summed E-state index contributed by atoms with van der Waals surface area (Å²) in [5.74, 6) is -1.14. The summed E-state index contributed by atoms with van der Waals surface area (Å²) in [6.45, 7) is 6.02. The van der Waals surface area contributed by atoms with Crippen LogP contribution >= 0.6 is 0 Å². The number of hydrogen-bond acceptors (Lipinski definition) is 8. The number of unbranched alkanes of at least 4 members (excludes halogenated alkanes) is 1. The molecule has 0 fully saturated rings. The first kappa shape index (κ1) is 23.3.